The van der Waals surface area contributed by atoms with E-state index in [1.807, 2.05) is 30.3 Å². The van der Waals surface area contributed by atoms with Crippen molar-refractivity contribution in [3.63, 3.8) is 0 Å². The van der Waals surface area contributed by atoms with Gasteiger partial charge in [0.15, 0.2) is 0 Å². The predicted molar refractivity (Wildman–Crippen MR) is 98.2 cm³/mol. The number of carboxylic acid groups (broad SMARTS) is 2. The molecule has 2 aromatic carbocycles. The molecule has 2 aromatic rings. The van der Waals surface area contributed by atoms with Crippen LogP contribution in [0.15, 0.2) is 66.7 Å². The molecule has 136 valence electrons. The van der Waals surface area contributed by atoms with Crippen LogP contribution in [0.2, 0.25) is 0 Å². The number of hydrogen-bond donors (Lipinski definition) is 2. The molecule has 2 unspecified atom stereocenters. The van der Waals surface area contributed by atoms with Crippen LogP contribution < -0.4 is 4.74 Å². The van der Waals surface area contributed by atoms with Gasteiger partial charge >= 0.3 is 11.9 Å². The van der Waals surface area contributed by atoms with E-state index >= 15 is 0 Å². The number of carbonyl (C=O) groups is 2. The molecular weight excluding hydrogens is 332 g/mol. The Morgan fingerprint density at radius 3 is 1.73 bits per heavy atom. The molecule has 0 spiro atoms. The molecule has 0 aliphatic rings. The van der Waals surface area contributed by atoms with E-state index in [0.717, 1.165) is 11.1 Å². The molecule has 0 aliphatic heterocycles. The van der Waals surface area contributed by atoms with Crippen LogP contribution in [-0.2, 0) is 22.4 Å². The topological polar surface area (TPSA) is 83.8 Å². The zero-order valence-corrected chi connectivity index (χ0v) is 14.5. The molecule has 5 nitrogen and oxygen atoms in total. The largest absolute Gasteiger partial charge is 0.497 e. The van der Waals surface area contributed by atoms with Crippen molar-refractivity contribution in [1.82, 2.24) is 0 Å². The third kappa shape index (κ3) is 5.77. The number of aliphatic carboxylic acids is 2. The maximum atomic E-state index is 11.5. The van der Waals surface area contributed by atoms with E-state index < -0.39 is 23.8 Å². The third-order valence-electron chi connectivity index (χ3n) is 4.12. The first-order chi connectivity index (χ1) is 12.5. The van der Waals surface area contributed by atoms with Crippen LogP contribution in [0, 0.1) is 11.8 Å². The van der Waals surface area contributed by atoms with E-state index in [-0.39, 0.29) is 6.42 Å². The number of ether oxygens (including phenoxy) is 1. The quantitative estimate of drug-likeness (QED) is 0.674. The summed E-state index contributed by atoms with van der Waals surface area (Å²) in [5.41, 5.74) is 1.74. The molecule has 0 aliphatic carbocycles. The SMILES string of the molecule is COc1ccc(CC(C=CC(Cc2ccccc2)C(=O)O)C(=O)O)cc1. The average molecular weight is 354 g/mol. The van der Waals surface area contributed by atoms with E-state index in [1.165, 1.54) is 12.2 Å². The van der Waals surface area contributed by atoms with E-state index in [2.05, 4.69) is 0 Å². The van der Waals surface area contributed by atoms with E-state index in [1.54, 1.807) is 31.4 Å². The highest BCUT2D eigenvalue weighted by Gasteiger charge is 2.19. The first-order valence-corrected chi connectivity index (χ1v) is 8.30. The average Bonchev–Trinajstić information content (AvgIpc) is 2.64. The smallest absolute Gasteiger partial charge is 0.310 e. The number of hydrogen-bond acceptors (Lipinski definition) is 3. The molecule has 0 radical (unpaired) electrons. The van der Waals surface area contributed by atoms with Crippen LogP contribution in [0.5, 0.6) is 5.75 Å². The Balaban J connectivity index is 2.09. The maximum absolute atomic E-state index is 11.5. The van der Waals surface area contributed by atoms with Crippen molar-refractivity contribution in [2.24, 2.45) is 11.8 Å². The summed E-state index contributed by atoms with van der Waals surface area (Å²) in [6.45, 7) is 0. The lowest BCUT2D eigenvalue weighted by Crippen LogP contribution is -2.17. The molecule has 0 aromatic heterocycles. The number of carboxylic acids is 2. The van der Waals surface area contributed by atoms with Gasteiger partial charge in [-0.25, -0.2) is 0 Å². The number of methoxy groups -OCH3 is 1. The Kier molecular flexibility index (Phi) is 6.97. The Labute approximate surface area is 152 Å². The molecule has 2 rings (SSSR count). The van der Waals surface area contributed by atoms with E-state index in [4.69, 9.17) is 4.74 Å². The molecule has 0 amide bonds. The Hall–Kier alpha value is -3.08. The van der Waals surface area contributed by atoms with Gasteiger partial charge in [0.25, 0.3) is 0 Å². The van der Waals surface area contributed by atoms with Crippen LogP contribution in [-0.4, -0.2) is 29.3 Å². The van der Waals surface area contributed by atoms with Crippen molar-refractivity contribution >= 4 is 11.9 Å². The van der Waals surface area contributed by atoms with Crippen molar-refractivity contribution in [3.05, 3.63) is 77.9 Å². The van der Waals surface area contributed by atoms with Gasteiger partial charge in [-0.2, -0.15) is 0 Å². The minimum Gasteiger partial charge on any atom is -0.497 e. The summed E-state index contributed by atoms with van der Waals surface area (Å²) in [4.78, 5) is 23.0. The zero-order valence-electron chi connectivity index (χ0n) is 14.5. The van der Waals surface area contributed by atoms with Gasteiger partial charge in [0.2, 0.25) is 0 Å². The standard InChI is InChI=1S/C21H22O5/c1-26-19-11-7-16(8-12-19)14-18(21(24)25)10-9-17(20(22)23)13-15-5-3-2-4-6-15/h2-12,17-18H,13-14H2,1H3,(H,22,23)(H,24,25). The monoisotopic (exact) mass is 354 g/mol. The van der Waals surface area contributed by atoms with Gasteiger partial charge in [0, 0.05) is 0 Å². The van der Waals surface area contributed by atoms with Crippen LogP contribution >= 0.6 is 0 Å². The fraction of sp³-hybridized carbons (Fsp3) is 0.238. The second kappa shape index (κ2) is 9.42. The molecule has 0 fully saturated rings. The van der Waals surface area contributed by atoms with Crippen molar-refractivity contribution in [3.8, 4) is 5.75 Å². The first-order valence-electron chi connectivity index (χ1n) is 8.30. The second-order valence-corrected chi connectivity index (χ2v) is 6.02. The highest BCUT2D eigenvalue weighted by molar-refractivity contribution is 5.75. The van der Waals surface area contributed by atoms with E-state index in [9.17, 15) is 19.8 Å². The molecule has 0 saturated heterocycles. The number of benzene rings is 2. The fourth-order valence-electron chi connectivity index (χ4n) is 2.63. The van der Waals surface area contributed by atoms with Gasteiger partial charge in [0.05, 0.1) is 18.9 Å². The maximum Gasteiger partial charge on any atom is 0.310 e. The summed E-state index contributed by atoms with van der Waals surface area (Å²) >= 11 is 0. The molecule has 26 heavy (non-hydrogen) atoms. The van der Waals surface area contributed by atoms with Gasteiger partial charge in [-0.05, 0) is 36.1 Å². The molecular formula is C21H22O5. The highest BCUT2D eigenvalue weighted by atomic mass is 16.5. The summed E-state index contributed by atoms with van der Waals surface area (Å²) < 4.78 is 5.09. The van der Waals surface area contributed by atoms with Crippen molar-refractivity contribution in [2.75, 3.05) is 7.11 Å². The second-order valence-electron chi connectivity index (χ2n) is 6.02. The lowest BCUT2D eigenvalue weighted by Gasteiger charge is -2.11. The van der Waals surface area contributed by atoms with Crippen LogP contribution in [0.1, 0.15) is 11.1 Å². The normalized spacial score (nSPS) is 13.3. The lowest BCUT2D eigenvalue weighted by molar-refractivity contribution is -0.141. The summed E-state index contributed by atoms with van der Waals surface area (Å²) in [5, 5.41) is 18.9. The summed E-state index contributed by atoms with van der Waals surface area (Å²) in [5.74, 6) is -2.82. The molecule has 5 heteroatoms. The molecule has 0 saturated carbocycles. The zero-order chi connectivity index (χ0) is 18.9. The number of rotatable bonds is 9. The Morgan fingerprint density at radius 1 is 0.846 bits per heavy atom. The molecule has 2 atom stereocenters. The minimum absolute atomic E-state index is 0.285. The third-order valence-corrected chi connectivity index (χ3v) is 4.12. The first kappa shape index (κ1) is 19.2. The fourth-order valence-corrected chi connectivity index (χ4v) is 2.63. The Morgan fingerprint density at radius 2 is 1.31 bits per heavy atom. The minimum atomic E-state index is -0.985. The van der Waals surface area contributed by atoms with E-state index in [0.29, 0.717) is 12.2 Å². The predicted octanol–water partition coefficient (Wildman–Crippen LogP) is 3.44. The van der Waals surface area contributed by atoms with Gasteiger partial charge in [0.1, 0.15) is 5.75 Å². The van der Waals surface area contributed by atoms with Crippen molar-refractivity contribution < 1.29 is 24.5 Å². The molecule has 2 N–H and O–H groups in total. The van der Waals surface area contributed by atoms with Gasteiger partial charge in [-0.15, -0.1) is 0 Å². The summed E-state index contributed by atoms with van der Waals surface area (Å²) in [7, 11) is 1.57. The van der Waals surface area contributed by atoms with Crippen molar-refractivity contribution in [1.29, 1.82) is 0 Å². The summed E-state index contributed by atoms with van der Waals surface area (Å²) in [6.07, 6.45) is 3.57. The van der Waals surface area contributed by atoms with Gasteiger partial charge in [-0.1, -0.05) is 54.6 Å². The Bertz CT molecular complexity index is 750. The van der Waals surface area contributed by atoms with Crippen LogP contribution in [0.3, 0.4) is 0 Å². The van der Waals surface area contributed by atoms with Crippen LogP contribution in [0.25, 0.3) is 0 Å². The van der Waals surface area contributed by atoms with Gasteiger partial charge < -0.3 is 14.9 Å². The summed E-state index contributed by atoms with van der Waals surface area (Å²) in [6, 6.07) is 16.4. The van der Waals surface area contributed by atoms with Gasteiger partial charge in [-0.3, -0.25) is 9.59 Å². The molecule has 0 heterocycles. The van der Waals surface area contributed by atoms with Crippen LogP contribution in [0.4, 0.5) is 0 Å². The highest BCUT2D eigenvalue weighted by Crippen LogP contribution is 2.17. The van der Waals surface area contributed by atoms with Crippen molar-refractivity contribution in [2.45, 2.75) is 12.8 Å². The molecule has 0 bridgehead atoms. The lowest BCUT2D eigenvalue weighted by atomic mass is 9.94.